The second kappa shape index (κ2) is 7.01. The van der Waals surface area contributed by atoms with Gasteiger partial charge in [-0.1, -0.05) is 30.3 Å². The van der Waals surface area contributed by atoms with Gasteiger partial charge in [-0.2, -0.15) is 0 Å². The number of nitrogens with zero attached hydrogens (tertiary/aromatic N) is 2. The van der Waals surface area contributed by atoms with Crippen molar-refractivity contribution in [3.63, 3.8) is 0 Å². The van der Waals surface area contributed by atoms with Gasteiger partial charge in [0.05, 0.1) is 11.7 Å². The van der Waals surface area contributed by atoms with Crippen LogP contribution in [0, 0.1) is 0 Å². The predicted molar refractivity (Wildman–Crippen MR) is 92.8 cm³/mol. The van der Waals surface area contributed by atoms with Crippen molar-refractivity contribution in [2.45, 2.75) is 45.4 Å². The van der Waals surface area contributed by atoms with Crippen molar-refractivity contribution < 1.29 is 15.0 Å². The summed E-state index contributed by atoms with van der Waals surface area (Å²) in [6.07, 6.45) is -0.107. The Balaban J connectivity index is 2.24. The molecular formula is C19H24N2O3. The lowest BCUT2D eigenvalue weighted by molar-refractivity contribution is 0.0752. The van der Waals surface area contributed by atoms with Gasteiger partial charge in [0.15, 0.2) is 0 Å². The lowest BCUT2D eigenvalue weighted by atomic mass is 9.97. The molecular weight excluding hydrogens is 304 g/mol. The van der Waals surface area contributed by atoms with E-state index in [1.54, 1.807) is 18.3 Å². The van der Waals surface area contributed by atoms with Crippen LogP contribution in [0.25, 0.3) is 0 Å². The molecule has 0 saturated heterocycles. The number of rotatable bonds is 4. The molecule has 0 fully saturated rings. The SMILES string of the molecule is C[C@@H](c1ccc(C(O)c2ccccn2)cc1)N(C(=O)O)C(C)(C)C. The molecule has 5 nitrogen and oxygen atoms in total. The average Bonchev–Trinajstić information content (AvgIpc) is 2.53. The van der Waals surface area contributed by atoms with Gasteiger partial charge in [-0.05, 0) is 51.0 Å². The summed E-state index contributed by atoms with van der Waals surface area (Å²) in [5, 5.41) is 19.9. The summed E-state index contributed by atoms with van der Waals surface area (Å²) < 4.78 is 0. The van der Waals surface area contributed by atoms with Gasteiger partial charge >= 0.3 is 6.09 Å². The highest BCUT2D eigenvalue weighted by atomic mass is 16.4. The minimum atomic E-state index is -0.951. The first-order valence-corrected chi connectivity index (χ1v) is 7.93. The van der Waals surface area contributed by atoms with Crippen molar-refractivity contribution >= 4 is 6.09 Å². The number of amides is 1. The Bertz CT molecular complexity index is 678. The van der Waals surface area contributed by atoms with Crippen molar-refractivity contribution in [3.05, 3.63) is 65.5 Å². The standard InChI is InChI=1S/C19H24N2O3/c1-13(21(18(23)24)19(2,3)4)14-8-10-15(11-9-14)17(22)16-7-5-6-12-20-16/h5-13,17,22H,1-4H3,(H,23,24)/t13-,17?/m0/s1. The molecule has 1 amide bonds. The lowest BCUT2D eigenvalue weighted by Crippen LogP contribution is -2.46. The van der Waals surface area contributed by atoms with Crippen molar-refractivity contribution in [1.29, 1.82) is 0 Å². The van der Waals surface area contributed by atoms with Gasteiger partial charge in [0.25, 0.3) is 0 Å². The number of benzene rings is 1. The van der Waals surface area contributed by atoms with E-state index in [2.05, 4.69) is 4.98 Å². The van der Waals surface area contributed by atoms with E-state index < -0.39 is 17.7 Å². The molecule has 128 valence electrons. The van der Waals surface area contributed by atoms with Crippen LogP contribution in [0.1, 0.15) is 56.7 Å². The van der Waals surface area contributed by atoms with E-state index in [0.717, 1.165) is 11.1 Å². The normalized spacial score (nSPS) is 14.0. The summed E-state index contributed by atoms with van der Waals surface area (Å²) in [5.41, 5.74) is 1.68. The van der Waals surface area contributed by atoms with Crippen LogP contribution in [-0.2, 0) is 0 Å². The number of pyridine rings is 1. The van der Waals surface area contributed by atoms with Crippen LogP contribution in [0.15, 0.2) is 48.7 Å². The van der Waals surface area contributed by atoms with Gasteiger partial charge in [-0.3, -0.25) is 9.88 Å². The quantitative estimate of drug-likeness (QED) is 0.889. The fourth-order valence-corrected chi connectivity index (χ4v) is 2.85. The van der Waals surface area contributed by atoms with E-state index >= 15 is 0 Å². The number of aliphatic hydroxyl groups excluding tert-OH is 1. The number of hydrogen-bond donors (Lipinski definition) is 2. The van der Waals surface area contributed by atoms with Crippen molar-refractivity contribution in [2.75, 3.05) is 0 Å². The lowest BCUT2D eigenvalue weighted by Gasteiger charge is -2.38. The first-order chi connectivity index (χ1) is 11.2. The third-order valence-electron chi connectivity index (χ3n) is 4.02. The van der Waals surface area contributed by atoms with Crippen LogP contribution in [0.4, 0.5) is 4.79 Å². The molecule has 0 spiro atoms. The fourth-order valence-electron chi connectivity index (χ4n) is 2.85. The Labute approximate surface area is 142 Å². The second-order valence-electron chi connectivity index (χ2n) is 6.82. The van der Waals surface area contributed by atoms with E-state index in [-0.39, 0.29) is 6.04 Å². The number of aliphatic hydroxyl groups is 1. The summed E-state index contributed by atoms with van der Waals surface area (Å²) in [7, 11) is 0. The average molecular weight is 328 g/mol. The van der Waals surface area contributed by atoms with E-state index in [1.807, 2.05) is 58.0 Å². The fraction of sp³-hybridized carbons (Fsp3) is 0.368. The molecule has 2 atom stereocenters. The molecule has 0 aliphatic rings. The van der Waals surface area contributed by atoms with Crippen LogP contribution in [0.3, 0.4) is 0 Å². The van der Waals surface area contributed by atoms with Gasteiger partial charge in [0.1, 0.15) is 6.10 Å². The summed E-state index contributed by atoms with van der Waals surface area (Å²) in [4.78, 5) is 17.2. The maximum atomic E-state index is 11.6. The third-order valence-corrected chi connectivity index (χ3v) is 4.02. The third kappa shape index (κ3) is 3.92. The Morgan fingerprint density at radius 2 is 1.67 bits per heavy atom. The molecule has 0 aliphatic carbocycles. The largest absolute Gasteiger partial charge is 0.465 e. The van der Waals surface area contributed by atoms with Crippen molar-refractivity contribution in [1.82, 2.24) is 9.88 Å². The molecule has 2 rings (SSSR count). The Kier molecular flexibility index (Phi) is 5.24. The molecule has 0 aliphatic heterocycles. The van der Waals surface area contributed by atoms with E-state index in [9.17, 15) is 15.0 Å². The van der Waals surface area contributed by atoms with Gasteiger partial charge in [0, 0.05) is 11.7 Å². The molecule has 0 saturated carbocycles. The number of aromatic nitrogens is 1. The van der Waals surface area contributed by atoms with Crippen LogP contribution in [-0.4, -0.2) is 31.7 Å². The molecule has 0 radical (unpaired) electrons. The van der Waals surface area contributed by atoms with Crippen LogP contribution >= 0.6 is 0 Å². The van der Waals surface area contributed by atoms with E-state index in [0.29, 0.717) is 5.69 Å². The monoisotopic (exact) mass is 328 g/mol. The molecule has 1 heterocycles. The zero-order valence-corrected chi connectivity index (χ0v) is 14.5. The second-order valence-corrected chi connectivity index (χ2v) is 6.82. The molecule has 5 heteroatoms. The highest BCUT2D eigenvalue weighted by Crippen LogP contribution is 2.29. The van der Waals surface area contributed by atoms with Gasteiger partial charge in [-0.15, -0.1) is 0 Å². The van der Waals surface area contributed by atoms with Crippen molar-refractivity contribution in [2.24, 2.45) is 0 Å². The highest BCUT2D eigenvalue weighted by molar-refractivity contribution is 5.66. The summed E-state index contributed by atoms with van der Waals surface area (Å²) in [5.74, 6) is 0. The maximum absolute atomic E-state index is 11.6. The highest BCUT2D eigenvalue weighted by Gasteiger charge is 2.31. The molecule has 1 aromatic heterocycles. The maximum Gasteiger partial charge on any atom is 0.408 e. The van der Waals surface area contributed by atoms with Crippen LogP contribution in [0.5, 0.6) is 0 Å². The Morgan fingerprint density at radius 3 is 2.12 bits per heavy atom. The summed E-state index contributed by atoms with van der Waals surface area (Å²) >= 11 is 0. The molecule has 1 unspecified atom stereocenters. The number of carbonyl (C=O) groups is 1. The van der Waals surface area contributed by atoms with Gasteiger partial charge in [-0.25, -0.2) is 4.79 Å². The zero-order valence-electron chi connectivity index (χ0n) is 14.5. The predicted octanol–water partition coefficient (Wildman–Crippen LogP) is 4.00. The molecule has 24 heavy (non-hydrogen) atoms. The van der Waals surface area contributed by atoms with E-state index in [1.165, 1.54) is 4.90 Å². The topological polar surface area (TPSA) is 73.7 Å². The Morgan fingerprint density at radius 1 is 1.08 bits per heavy atom. The summed E-state index contributed by atoms with van der Waals surface area (Å²) in [6, 6.07) is 12.4. The minimum Gasteiger partial charge on any atom is -0.465 e. The Hall–Kier alpha value is -2.40. The van der Waals surface area contributed by atoms with Crippen LogP contribution < -0.4 is 0 Å². The van der Waals surface area contributed by atoms with Crippen molar-refractivity contribution in [3.8, 4) is 0 Å². The van der Waals surface area contributed by atoms with Gasteiger partial charge < -0.3 is 10.2 Å². The minimum absolute atomic E-state index is 0.288. The van der Waals surface area contributed by atoms with E-state index in [4.69, 9.17) is 0 Å². The zero-order chi connectivity index (χ0) is 17.9. The molecule has 0 bridgehead atoms. The first-order valence-electron chi connectivity index (χ1n) is 7.93. The molecule has 2 aromatic rings. The summed E-state index contributed by atoms with van der Waals surface area (Å²) in [6.45, 7) is 7.48. The van der Waals surface area contributed by atoms with Gasteiger partial charge in [0.2, 0.25) is 0 Å². The number of carboxylic acid groups (broad SMARTS) is 1. The molecule has 2 N–H and O–H groups in total. The molecule has 1 aromatic carbocycles. The van der Waals surface area contributed by atoms with Crippen LogP contribution in [0.2, 0.25) is 0 Å². The number of hydrogen-bond acceptors (Lipinski definition) is 3. The first kappa shape index (κ1) is 17.9. The smallest absolute Gasteiger partial charge is 0.408 e.